The normalized spacial score (nSPS) is 19.2. The lowest BCUT2D eigenvalue weighted by atomic mass is 10.0. The van der Waals surface area contributed by atoms with E-state index >= 15 is 0 Å². The number of fused-ring (bicyclic) bond motifs is 3. The monoisotopic (exact) mass is 663 g/mol. The standard InChI is InChI=1S/C31H25N3O10S2/c1-17(35)42-16-43-31(39)28-18(15-46(40)30-27(29(38)34(28)30)33-26(37)14-21-5-3-11-45-21)4-2-10-41-20-7-9-23-25(13-20)44-24-12-19(36)6-8-22(24)32-23/h2-9,11-13,27,30H,10,14-16H2,1H3,(H,33,37)/b4-2-/t27-,30-,46?/m1/s1. The summed E-state index contributed by atoms with van der Waals surface area (Å²) in [7, 11) is -1.68. The second kappa shape index (κ2) is 13.1. The number of thiophene rings is 1. The Labute approximate surface area is 267 Å². The molecule has 46 heavy (non-hydrogen) atoms. The summed E-state index contributed by atoms with van der Waals surface area (Å²) in [6, 6.07) is 11.9. The van der Waals surface area contributed by atoms with Crippen molar-refractivity contribution >= 4 is 57.0 Å². The number of rotatable bonds is 10. The molecule has 1 unspecified atom stereocenters. The summed E-state index contributed by atoms with van der Waals surface area (Å²) in [5, 5.41) is 3.49. The molecule has 2 aromatic rings. The molecule has 236 valence electrons. The molecule has 0 spiro atoms. The Morgan fingerprint density at radius 1 is 1.15 bits per heavy atom. The van der Waals surface area contributed by atoms with Crippen molar-refractivity contribution in [2.75, 3.05) is 19.2 Å². The zero-order valence-corrected chi connectivity index (χ0v) is 25.8. The number of hydrogen-bond acceptors (Lipinski definition) is 12. The number of carbonyl (C=O) groups excluding carboxylic acids is 4. The maximum atomic E-state index is 13.3. The van der Waals surface area contributed by atoms with E-state index in [1.165, 1.54) is 29.5 Å². The van der Waals surface area contributed by atoms with Crippen LogP contribution in [-0.2, 0) is 45.9 Å². The van der Waals surface area contributed by atoms with Crippen molar-refractivity contribution in [3.05, 3.63) is 92.4 Å². The number of aromatic nitrogens is 1. The third kappa shape index (κ3) is 6.46. The van der Waals surface area contributed by atoms with E-state index in [9.17, 15) is 28.2 Å². The second-order valence-electron chi connectivity index (χ2n) is 10.2. The zero-order valence-electron chi connectivity index (χ0n) is 24.1. The largest absolute Gasteiger partial charge is 0.489 e. The molecule has 1 aromatic carbocycles. The van der Waals surface area contributed by atoms with E-state index in [0.717, 1.165) is 16.7 Å². The van der Waals surface area contributed by atoms with Gasteiger partial charge in [0.1, 0.15) is 40.7 Å². The molecule has 15 heteroatoms. The molecule has 3 aliphatic heterocycles. The first kappa shape index (κ1) is 30.9. The molecule has 2 amide bonds. The highest BCUT2D eigenvalue weighted by Crippen LogP contribution is 2.36. The molecule has 0 saturated carbocycles. The maximum Gasteiger partial charge on any atom is 0.358 e. The van der Waals surface area contributed by atoms with E-state index < -0.39 is 52.8 Å². The van der Waals surface area contributed by atoms with Crippen LogP contribution in [0.25, 0.3) is 22.6 Å². The highest BCUT2D eigenvalue weighted by molar-refractivity contribution is 7.86. The zero-order chi connectivity index (χ0) is 32.4. The fraction of sp³-hybridized carbons (Fsp3) is 0.226. The minimum Gasteiger partial charge on any atom is -0.489 e. The van der Waals surface area contributed by atoms with Crippen molar-refractivity contribution in [1.29, 1.82) is 0 Å². The molecule has 1 aromatic heterocycles. The van der Waals surface area contributed by atoms with E-state index in [0.29, 0.717) is 28.3 Å². The highest BCUT2D eigenvalue weighted by atomic mass is 32.2. The number of carbonyl (C=O) groups is 4. The third-order valence-corrected chi connectivity index (χ3v) is 9.51. The minimum absolute atomic E-state index is 0.0158. The molecule has 1 aliphatic carbocycles. The molecular weight excluding hydrogens is 638 g/mol. The van der Waals surface area contributed by atoms with Gasteiger partial charge in [0, 0.05) is 23.9 Å². The van der Waals surface area contributed by atoms with E-state index in [1.807, 2.05) is 5.38 Å². The first-order chi connectivity index (χ1) is 22.2. The summed E-state index contributed by atoms with van der Waals surface area (Å²) in [4.78, 5) is 68.1. The Bertz CT molecular complexity index is 1970. The average Bonchev–Trinajstić information content (AvgIpc) is 3.53. The highest BCUT2D eigenvalue weighted by Gasteiger charge is 2.57. The number of amides is 2. The van der Waals surface area contributed by atoms with Crippen molar-refractivity contribution in [1.82, 2.24) is 15.2 Å². The van der Waals surface area contributed by atoms with Crippen molar-refractivity contribution in [2.24, 2.45) is 0 Å². The number of allylic oxidation sites excluding steroid dienone is 1. The SMILES string of the molecule is CC(=O)OCOC(=O)C1=C(/C=C\COc2ccc3nc4ccc(=O)cc-4oc3c2)CS(=O)[C@@H]2[C@H](NC(=O)Cc3cccs3)C(=O)N12. The summed E-state index contributed by atoms with van der Waals surface area (Å²) >= 11 is 1.39. The van der Waals surface area contributed by atoms with Crippen LogP contribution in [0.2, 0.25) is 0 Å². The fourth-order valence-corrected chi connectivity index (χ4v) is 7.31. The van der Waals surface area contributed by atoms with E-state index in [2.05, 4.69) is 10.3 Å². The van der Waals surface area contributed by atoms with Crippen molar-refractivity contribution in [2.45, 2.75) is 24.8 Å². The van der Waals surface area contributed by atoms with Crippen LogP contribution in [0, 0.1) is 0 Å². The number of nitrogens with one attached hydrogen (secondary N) is 1. The Balaban J connectivity index is 1.19. The van der Waals surface area contributed by atoms with Gasteiger partial charge < -0.3 is 23.9 Å². The molecule has 0 bridgehead atoms. The number of nitrogens with zero attached hydrogens (tertiary/aromatic N) is 2. The van der Waals surface area contributed by atoms with Crippen molar-refractivity contribution in [3.63, 3.8) is 0 Å². The second-order valence-corrected chi connectivity index (χ2v) is 12.7. The van der Waals surface area contributed by atoms with Gasteiger partial charge in [-0.1, -0.05) is 12.1 Å². The molecule has 0 radical (unpaired) electrons. The van der Waals surface area contributed by atoms with Gasteiger partial charge in [0.05, 0.1) is 23.0 Å². The summed E-state index contributed by atoms with van der Waals surface area (Å²) < 4.78 is 34.7. The summed E-state index contributed by atoms with van der Waals surface area (Å²) in [5.41, 5.74) is 1.38. The van der Waals surface area contributed by atoms with Gasteiger partial charge >= 0.3 is 11.9 Å². The Morgan fingerprint density at radius 3 is 2.78 bits per heavy atom. The van der Waals surface area contributed by atoms with Crippen LogP contribution < -0.4 is 15.5 Å². The van der Waals surface area contributed by atoms with Crippen LogP contribution in [0.5, 0.6) is 5.75 Å². The Kier molecular flexibility index (Phi) is 8.76. The van der Waals surface area contributed by atoms with Gasteiger partial charge in [-0.05, 0) is 47.4 Å². The van der Waals surface area contributed by atoms with Crippen LogP contribution in [0.15, 0.2) is 86.5 Å². The van der Waals surface area contributed by atoms with Gasteiger partial charge in [0.2, 0.25) is 12.7 Å². The lowest BCUT2D eigenvalue weighted by molar-refractivity contribution is -0.166. The molecule has 13 nitrogen and oxygen atoms in total. The quantitative estimate of drug-likeness (QED) is 0.114. The third-order valence-electron chi connectivity index (χ3n) is 7.02. The van der Waals surface area contributed by atoms with Gasteiger partial charge in [0.25, 0.3) is 5.91 Å². The minimum atomic E-state index is -1.68. The molecule has 4 heterocycles. The lowest BCUT2D eigenvalue weighted by Crippen LogP contribution is -2.73. The van der Waals surface area contributed by atoms with Gasteiger partial charge in [-0.25, -0.2) is 9.78 Å². The van der Waals surface area contributed by atoms with Gasteiger partial charge in [-0.3, -0.25) is 28.3 Å². The Hall–Kier alpha value is -5.15. The molecule has 4 aliphatic rings. The maximum absolute atomic E-state index is 13.3. The molecular formula is C31H25N3O10S2. The first-order valence-electron chi connectivity index (χ1n) is 13.9. The number of esters is 2. The molecule has 1 N–H and O–H groups in total. The molecule has 6 rings (SSSR count). The van der Waals surface area contributed by atoms with Crippen LogP contribution in [0.1, 0.15) is 11.8 Å². The van der Waals surface area contributed by atoms with Crippen molar-refractivity contribution in [3.8, 4) is 17.2 Å². The smallest absolute Gasteiger partial charge is 0.358 e. The van der Waals surface area contributed by atoms with Crippen molar-refractivity contribution < 1.29 is 42.0 Å². The van der Waals surface area contributed by atoms with Crippen LogP contribution >= 0.6 is 11.3 Å². The number of ether oxygens (including phenoxy) is 3. The predicted octanol–water partition coefficient (Wildman–Crippen LogP) is 2.27. The first-order valence-corrected chi connectivity index (χ1v) is 16.1. The Morgan fingerprint density at radius 2 is 2.00 bits per heavy atom. The fourth-order valence-electron chi connectivity index (χ4n) is 4.96. The summed E-state index contributed by atoms with van der Waals surface area (Å²) in [6.07, 6.45) is 3.13. The van der Waals surface area contributed by atoms with E-state index in [-0.39, 0.29) is 35.5 Å². The van der Waals surface area contributed by atoms with Crippen LogP contribution in [-0.4, -0.2) is 68.4 Å². The number of β-lactam (4-membered cyclic amide) rings is 1. The van der Waals surface area contributed by atoms with E-state index in [4.69, 9.17) is 18.6 Å². The number of benzene rings is 2. The summed E-state index contributed by atoms with van der Waals surface area (Å²) in [5.74, 6) is -2.01. The lowest BCUT2D eigenvalue weighted by Gasteiger charge is -2.49. The van der Waals surface area contributed by atoms with Gasteiger partial charge in [0.15, 0.2) is 16.8 Å². The molecule has 3 atom stereocenters. The predicted molar refractivity (Wildman–Crippen MR) is 165 cm³/mol. The summed E-state index contributed by atoms with van der Waals surface area (Å²) in [6.45, 7) is 0.484. The van der Waals surface area contributed by atoms with Crippen LogP contribution in [0.4, 0.5) is 0 Å². The van der Waals surface area contributed by atoms with Crippen LogP contribution in [0.3, 0.4) is 0 Å². The van der Waals surface area contributed by atoms with Gasteiger partial charge in [-0.2, -0.15) is 0 Å². The van der Waals surface area contributed by atoms with Gasteiger partial charge in [-0.15, -0.1) is 11.3 Å². The number of hydrogen-bond donors (Lipinski definition) is 1. The average molecular weight is 664 g/mol. The molecule has 1 saturated heterocycles. The molecule has 1 fully saturated rings. The topological polar surface area (TPSA) is 171 Å². The van der Waals surface area contributed by atoms with E-state index in [1.54, 1.807) is 42.5 Å².